The van der Waals surface area contributed by atoms with Crippen molar-refractivity contribution in [2.45, 2.75) is 218 Å². The molecule has 0 amide bonds. The minimum Gasteiger partial charge on any atom is -0.465 e. The summed E-state index contributed by atoms with van der Waals surface area (Å²) < 4.78 is 17.6. The minimum absolute atomic E-state index is 0.0626. The van der Waals surface area contributed by atoms with E-state index in [1.165, 1.54) is 12.8 Å². The average Bonchev–Trinajstić information content (AvgIpc) is 3.04. The zero-order chi connectivity index (χ0) is 42.7. The largest absolute Gasteiger partial charge is 0.465 e. The molecule has 0 saturated heterocycles. The highest BCUT2D eigenvalue weighted by Gasteiger charge is 2.32. The molecule has 0 aromatic carbocycles. The van der Waals surface area contributed by atoms with E-state index in [1.54, 1.807) is 0 Å². The van der Waals surface area contributed by atoms with Crippen molar-refractivity contribution in [3.05, 3.63) is 0 Å². The maximum absolute atomic E-state index is 13.3. The topological polar surface area (TPSA) is 82.1 Å². The van der Waals surface area contributed by atoms with Gasteiger partial charge in [-0.25, -0.2) is 0 Å². The Kier molecular flexibility index (Phi) is 29.5. The second-order valence-electron chi connectivity index (χ2n) is 21.0. The lowest BCUT2D eigenvalue weighted by Gasteiger charge is -2.36. The first-order valence-electron chi connectivity index (χ1n) is 23.3. The fourth-order valence-electron chi connectivity index (χ4n) is 8.35. The maximum atomic E-state index is 13.3. The Labute approximate surface area is 348 Å². The van der Waals surface area contributed by atoms with Gasteiger partial charge in [0.05, 0.1) is 19.6 Å². The van der Waals surface area contributed by atoms with Crippen LogP contribution in [0.5, 0.6) is 0 Å². The number of ether oxygens (including phenoxy) is 3. The van der Waals surface area contributed by atoms with E-state index in [-0.39, 0.29) is 34.8 Å². The molecule has 0 aliphatic heterocycles. The quantitative estimate of drug-likeness (QED) is 0.0359. The molecule has 7 nitrogen and oxygen atoms in total. The van der Waals surface area contributed by atoms with Crippen LogP contribution in [0.2, 0.25) is 0 Å². The van der Waals surface area contributed by atoms with E-state index in [1.807, 2.05) is 0 Å². The molecule has 0 aliphatic rings. The summed E-state index contributed by atoms with van der Waals surface area (Å²) in [6.07, 6.45) is 18.7. The van der Waals surface area contributed by atoms with Crippen molar-refractivity contribution >= 4 is 17.9 Å². The molecule has 0 radical (unpaired) electrons. The third kappa shape index (κ3) is 31.4. The standard InChI is InChI=1S/C49H95NO6/c1-38(2)29-31-42(40(5)6)34-54-45(51)27-23-19-15-17-21-25-44(56-47(53)33-48(9,10)36-49(11,12)37-50(13)14)26-22-18-16-20-24-28-46(52)55-35-43(41(7)8)32-30-39(3)4/h38-44H,15-37H2,1-14H3. The lowest BCUT2D eigenvalue weighted by atomic mass is 9.73. The highest BCUT2D eigenvalue weighted by atomic mass is 16.5. The summed E-state index contributed by atoms with van der Waals surface area (Å²) in [5.74, 6) is 3.05. The van der Waals surface area contributed by atoms with E-state index in [9.17, 15) is 14.4 Å². The molecule has 7 heteroatoms. The molecule has 0 saturated carbocycles. The van der Waals surface area contributed by atoms with Crippen LogP contribution in [0.15, 0.2) is 0 Å². The van der Waals surface area contributed by atoms with Crippen molar-refractivity contribution in [3.8, 4) is 0 Å². The van der Waals surface area contributed by atoms with E-state index in [0.717, 1.165) is 103 Å². The first-order chi connectivity index (χ1) is 26.1. The smallest absolute Gasteiger partial charge is 0.306 e. The minimum atomic E-state index is -0.142. The normalized spacial score (nSPS) is 14.2. The Morgan fingerprint density at radius 1 is 0.500 bits per heavy atom. The van der Waals surface area contributed by atoms with Crippen molar-refractivity contribution in [3.63, 3.8) is 0 Å². The Morgan fingerprint density at radius 3 is 1.27 bits per heavy atom. The summed E-state index contributed by atoms with van der Waals surface area (Å²) >= 11 is 0. The zero-order valence-corrected chi connectivity index (χ0v) is 39.7. The van der Waals surface area contributed by atoms with Crippen LogP contribution in [-0.4, -0.2) is 62.8 Å². The lowest BCUT2D eigenvalue weighted by Crippen LogP contribution is -2.34. The van der Waals surface area contributed by atoms with Gasteiger partial charge < -0.3 is 19.1 Å². The van der Waals surface area contributed by atoms with Gasteiger partial charge in [0.2, 0.25) is 0 Å². The third-order valence-corrected chi connectivity index (χ3v) is 11.5. The highest BCUT2D eigenvalue weighted by Crippen LogP contribution is 2.37. The first-order valence-corrected chi connectivity index (χ1v) is 23.3. The van der Waals surface area contributed by atoms with Gasteiger partial charge in [0.25, 0.3) is 0 Å². The fourth-order valence-corrected chi connectivity index (χ4v) is 8.35. The molecule has 0 bridgehead atoms. The molecule has 0 rings (SSSR count). The number of hydrogen-bond acceptors (Lipinski definition) is 7. The zero-order valence-electron chi connectivity index (χ0n) is 39.7. The Hall–Kier alpha value is -1.63. The monoisotopic (exact) mass is 794 g/mol. The molecule has 0 spiro atoms. The number of hydrogen-bond donors (Lipinski definition) is 0. The summed E-state index contributed by atoms with van der Waals surface area (Å²) in [7, 11) is 4.21. The third-order valence-electron chi connectivity index (χ3n) is 11.5. The molecule has 0 N–H and O–H groups in total. The summed E-state index contributed by atoms with van der Waals surface area (Å²) in [5.41, 5.74) is -0.0366. The fraction of sp³-hybridized carbons (Fsp3) is 0.939. The van der Waals surface area contributed by atoms with Gasteiger partial charge in [-0.15, -0.1) is 0 Å². The molecule has 0 fully saturated rings. The van der Waals surface area contributed by atoms with E-state index in [4.69, 9.17) is 14.2 Å². The Bertz CT molecular complexity index is 962. The van der Waals surface area contributed by atoms with Gasteiger partial charge >= 0.3 is 17.9 Å². The molecule has 0 aromatic rings. The van der Waals surface area contributed by atoms with Gasteiger partial charge in [-0.05, 0) is 118 Å². The Morgan fingerprint density at radius 2 is 0.893 bits per heavy atom. The average molecular weight is 794 g/mol. The number of rotatable bonds is 35. The van der Waals surface area contributed by atoms with Crippen LogP contribution in [-0.2, 0) is 28.6 Å². The number of nitrogens with zero attached hydrogens (tertiary/aromatic N) is 1. The SMILES string of the molecule is CC(C)CCC(COC(=O)CCCCCCCC(CCCCCCCC(=O)OCC(CCC(C)C)C(C)C)OC(=O)CC(C)(C)CC(C)(C)CN(C)C)C(C)C. The Balaban J connectivity index is 4.80. The number of esters is 3. The van der Waals surface area contributed by atoms with Crippen LogP contribution in [0.1, 0.15) is 212 Å². The van der Waals surface area contributed by atoms with Crippen molar-refractivity contribution in [1.29, 1.82) is 0 Å². The summed E-state index contributed by atoms with van der Waals surface area (Å²) in [6, 6.07) is 0. The van der Waals surface area contributed by atoms with Gasteiger partial charge in [-0.2, -0.15) is 0 Å². The van der Waals surface area contributed by atoms with Crippen LogP contribution < -0.4 is 0 Å². The van der Waals surface area contributed by atoms with Crippen molar-refractivity contribution in [2.24, 2.45) is 46.3 Å². The van der Waals surface area contributed by atoms with Crippen molar-refractivity contribution in [2.75, 3.05) is 33.9 Å². The second kappa shape index (κ2) is 30.4. The van der Waals surface area contributed by atoms with E-state index < -0.39 is 0 Å². The van der Waals surface area contributed by atoms with E-state index >= 15 is 0 Å². The molecule has 56 heavy (non-hydrogen) atoms. The van der Waals surface area contributed by atoms with Crippen LogP contribution in [0.25, 0.3) is 0 Å². The van der Waals surface area contributed by atoms with Crippen LogP contribution in [0.3, 0.4) is 0 Å². The van der Waals surface area contributed by atoms with Gasteiger partial charge in [0, 0.05) is 19.4 Å². The molecular weight excluding hydrogens is 699 g/mol. The van der Waals surface area contributed by atoms with Crippen LogP contribution in [0, 0.1) is 46.3 Å². The maximum Gasteiger partial charge on any atom is 0.306 e. The molecule has 0 aromatic heterocycles. The molecule has 0 heterocycles. The molecular formula is C49H95NO6. The predicted octanol–water partition coefficient (Wildman–Crippen LogP) is 13.3. The summed E-state index contributed by atoms with van der Waals surface area (Å²) in [4.78, 5) is 40.4. The number of carbonyl (C=O) groups excluding carboxylic acids is 3. The molecule has 332 valence electrons. The van der Waals surface area contributed by atoms with Crippen molar-refractivity contribution in [1.82, 2.24) is 4.90 Å². The van der Waals surface area contributed by atoms with E-state index in [2.05, 4.69) is 102 Å². The predicted molar refractivity (Wildman–Crippen MR) is 237 cm³/mol. The van der Waals surface area contributed by atoms with Gasteiger partial charge in [-0.3, -0.25) is 14.4 Å². The van der Waals surface area contributed by atoms with Crippen LogP contribution >= 0.6 is 0 Å². The summed E-state index contributed by atoms with van der Waals surface area (Å²) in [6.45, 7) is 28.9. The summed E-state index contributed by atoms with van der Waals surface area (Å²) in [5, 5.41) is 0. The lowest BCUT2D eigenvalue weighted by molar-refractivity contribution is -0.153. The molecule has 2 unspecified atom stereocenters. The first kappa shape index (κ1) is 54.4. The molecule has 0 aliphatic carbocycles. The van der Waals surface area contributed by atoms with Gasteiger partial charge in [0.1, 0.15) is 6.10 Å². The van der Waals surface area contributed by atoms with E-state index in [0.29, 0.717) is 68.0 Å². The van der Waals surface area contributed by atoms with Gasteiger partial charge in [0.15, 0.2) is 0 Å². The number of unbranched alkanes of at least 4 members (excludes halogenated alkanes) is 8. The number of carbonyl (C=O) groups is 3. The molecule has 2 atom stereocenters. The van der Waals surface area contributed by atoms with Crippen LogP contribution in [0.4, 0.5) is 0 Å². The van der Waals surface area contributed by atoms with Gasteiger partial charge in [-0.1, -0.05) is 134 Å². The highest BCUT2D eigenvalue weighted by molar-refractivity contribution is 5.70. The second-order valence-corrected chi connectivity index (χ2v) is 21.0. The van der Waals surface area contributed by atoms with Crippen molar-refractivity contribution < 1.29 is 28.6 Å².